The fourth-order valence-electron chi connectivity index (χ4n) is 2.94. The normalized spacial score (nSPS) is 22.3. The largest absolute Gasteiger partial charge is 0.494 e. The number of carbonyl (C=O) groups excluding carboxylic acids is 1. The fraction of sp³-hybridized carbons (Fsp3) is 0.588. The molecule has 1 saturated carbocycles. The lowest BCUT2D eigenvalue weighted by Crippen LogP contribution is -2.45. The van der Waals surface area contributed by atoms with Crippen LogP contribution in [0.5, 0.6) is 5.75 Å². The summed E-state index contributed by atoms with van der Waals surface area (Å²) >= 11 is 0. The van der Waals surface area contributed by atoms with Crippen LogP contribution >= 0.6 is 0 Å². The molecule has 1 aliphatic carbocycles. The van der Waals surface area contributed by atoms with E-state index in [1.165, 1.54) is 0 Å². The van der Waals surface area contributed by atoms with Crippen LogP contribution < -0.4 is 4.74 Å². The van der Waals surface area contributed by atoms with Crippen LogP contribution in [0.1, 0.15) is 43.0 Å². The van der Waals surface area contributed by atoms with Crippen molar-refractivity contribution in [3.63, 3.8) is 0 Å². The van der Waals surface area contributed by atoms with Gasteiger partial charge in [-0.15, -0.1) is 0 Å². The van der Waals surface area contributed by atoms with Gasteiger partial charge < -0.3 is 9.84 Å². The van der Waals surface area contributed by atoms with Crippen LogP contribution in [0.2, 0.25) is 0 Å². The summed E-state index contributed by atoms with van der Waals surface area (Å²) in [5.74, 6) is 0.864. The molecule has 1 aromatic carbocycles. The molecule has 0 saturated heterocycles. The molecule has 0 amide bonds. The Bertz CT molecular complexity index is 458. The highest BCUT2D eigenvalue weighted by atomic mass is 16.5. The van der Waals surface area contributed by atoms with Crippen molar-refractivity contribution in [3.05, 3.63) is 29.8 Å². The number of benzene rings is 1. The number of ether oxygens (including phenoxy) is 1. The summed E-state index contributed by atoms with van der Waals surface area (Å²) in [5, 5.41) is 10.0. The highest BCUT2D eigenvalue weighted by Gasteiger charge is 2.27. The zero-order valence-corrected chi connectivity index (χ0v) is 12.9. The van der Waals surface area contributed by atoms with Gasteiger partial charge in [0.2, 0.25) is 0 Å². The van der Waals surface area contributed by atoms with Gasteiger partial charge in [0.25, 0.3) is 0 Å². The first-order valence-corrected chi connectivity index (χ1v) is 7.76. The number of likely N-dealkylation sites (N-methyl/N-ethyl adjacent to an activating group) is 1. The van der Waals surface area contributed by atoms with Gasteiger partial charge in [0, 0.05) is 11.6 Å². The standard InChI is InChI=1S/C17H25NO3/c1-3-21-14-10-8-13(9-11-14)17(20)12-18(2)15-6-4-5-7-16(15)19/h8-11,15-16,19H,3-7,12H2,1-2H3. The summed E-state index contributed by atoms with van der Waals surface area (Å²) < 4.78 is 5.38. The zero-order chi connectivity index (χ0) is 15.2. The number of aliphatic hydroxyl groups excluding tert-OH is 1. The molecule has 4 nitrogen and oxygen atoms in total. The minimum Gasteiger partial charge on any atom is -0.494 e. The van der Waals surface area contributed by atoms with Gasteiger partial charge in [-0.2, -0.15) is 0 Å². The van der Waals surface area contributed by atoms with E-state index in [0.717, 1.165) is 31.4 Å². The predicted octanol–water partition coefficient (Wildman–Crippen LogP) is 2.50. The molecule has 0 spiro atoms. The van der Waals surface area contributed by atoms with Gasteiger partial charge in [0.1, 0.15) is 5.75 Å². The summed E-state index contributed by atoms with van der Waals surface area (Å²) in [6.07, 6.45) is 3.71. The molecule has 2 unspecified atom stereocenters. The first kappa shape index (κ1) is 16.0. The molecule has 1 fully saturated rings. The SMILES string of the molecule is CCOc1ccc(C(=O)CN(C)C2CCCCC2O)cc1. The minimum atomic E-state index is -0.308. The Hall–Kier alpha value is -1.39. The second kappa shape index (κ2) is 7.57. The van der Waals surface area contributed by atoms with Crippen molar-refractivity contribution < 1.29 is 14.6 Å². The van der Waals surface area contributed by atoms with E-state index in [9.17, 15) is 9.90 Å². The molecule has 2 rings (SSSR count). The fourth-order valence-corrected chi connectivity index (χ4v) is 2.94. The Morgan fingerprint density at radius 3 is 2.57 bits per heavy atom. The average molecular weight is 291 g/mol. The van der Waals surface area contributed by atoms with Crippen molar-refractivity contribution in [1.82, 2.24) is 4.90 Å². The molecule has 21 heavy (non-hydrogen) atoms. The minimum absolute atomic E-state index is 0.0818. The molecule has 0 aliphatic heterocycles. The summed E-state index contributed by atoms with van der Waals surface area (Å²) in [7, 11) is 1.92. The van der Waals surface area contributed by atoms with Crippen LogP contribution in [-0.2, 0) is 0 Å². The molecule has 1 aliphatic rings. The Balaban J connectivity index is 1.93. The molecule has 2 atom stereocenters. The predicted molar refractivity (Wildman–Crippen MR) is 82.8 cm³/mol. The van der Waals surface area contributed by atoms with Crippen LogP contribution in [0.3, 0.4) is 0 Å². The first-order chi connectivity index (χ1) is 10.1. The lowest BCUT2D eigenvalue weighted by atomic mass is 9.91. The van der Waals surface area contributed by atoms with Crippen molar-refractivity contribution in [2.45, 2.75) is 44.8 Å². The Labute approximate surface area is 126 Å². The van der Waals surface area contributed by atoms with Crippen molar-refractivity contribution in [3.8, 4) is 5.75 Å². The van der Waals surface area contributed by atoms with E-state index in [4.69, 9.17) is 4.74 Å². The van der Waals surface area contributed by atoms with Crippen LogP contribution in [0, 0.1) is 0 Å². The average Bonchev–Trinajstić information content (AvgIpc) is 2.48. The summed E-state index contributed by atoms with van der Waals surface area (Å²) in [6, 6.07) is 7.36. The molecule has 0 heterocycles. The molecule has 116 valence electrons. The van der Waals surface area contributed by atoms with Crippen molar-refractivity contribution in [1.29, 1.82) is 0 Å². The highest BCUT2D eigenvalue weighted by Crippen LogP contribution is 2.22. The molecule has 4 heteroatoms. The van der Waals surface area contributed by atoms with Crippen molar-refractivity contribution in [2.75, 3.05) is 20.2 Å². The number of ketones is 1. The third-order valence-corrected chi connectivity index (χ3v) is 4.14. The maximum Gasteiger partial charge on any atom is 0.176 e. The van der Waals surface area contributed by atoms with E-state index in [1.807, 2.05) is 31.0 Å². The smallest absolute Gasteiger partial charge is 0.176 e. The highest BCUT2D eigenvalue weighted by molar-refractivity contribution is 5.97. The molecule has 1 N–H and O–H groups in total. The van der Waals surface area contributed by atoms with Crippen molar-refractivity contribution >= 4 is 5.78 Å². The monoisotopic (exact) mass is 291 g/mol. The molecular weight excluding hydrogens is 266 g/mol. The Kier molecular flexibility index (Phi) is 5.76. The number of nitrogens with zero attached hydrogens (tertiary/aromatic N) is 1. The van der Waals surface area contributed by atoms with Gasteiger partial charge in [0.15, 0.2) is 5.78 Å². The number of Topliss-reactive ketones (excluding diaryl/α,β-unsaturated/α-hetero) is 1. The second-order valence-electron chi connectivity index (χ2n) is 5.71. The number of hydrogen-bond donors (Lipinski definition) is 1. The molecule has 0 aromatic heterocycles. The zero-order valence-electron chi connectivity index (χ0n) is 12.9. The maximum atomic E-state index is 12.3. The molecule has 0 radical (unpaired) electrons. The van der Waals surface area contributed by atoms with Gasteiger partial charge in [0.05, 0.1) is 19.3 Å². The first-order valence-electron chi connectivity index (χ1n) is 7.76. The third-order valence-electron chi connectivity index (χ3n) is 4.14. The van der Waals surface area contributed by atoms with E-state index >= 15 is 0 Å². The van der Waals surface area contributed by atoms with Gasteiger partial charge in [-0.3, -0.25) is 9.69 Å². The van der Waals surface area contributed by atoms with Gasteiger partial charge in [-0.25, -0.2) is 0 Å². The quantitative estimate of drug-likeness (QED) is 0.818. The van der Waals surface area contributed by atoms with E-state index < -0.39 is 0 Å². The summed E-state index contributed by atoms with van der Waals surface area (Å²) in [6.45, 7) is 2.90. The lowest BCUT2D eigenvalue weighted by Gasteiger charge is -2.34. The Morgan fingerprint density at radius 2 is 1.95 bits per heavy atom. The topological polar surface area (TPSA) is 49.8 Å². The lowest BCUT2D eigenvalue weighted by molar-refractivity contribution is 0.0322. The third kappa shape index (κ3) is 4.29. The second-order valence-corrected chi connectivity index (χ2v) is 5.71. The number of carbonyl (C=O) groups is 1. The van der Waals surface area contributed by atoms with E-state index in [-0.39, 0.29) is 17.9 Å². The van der Waals surface area contributed by atoms with Gasteiger partial charge >= 0.3 is 0 Å². The van der Waals surface area contributed by atoms with E-state index in [0.29, 0.717) is 18.7 Å². The van der Waals surface area contributed by atoms with E-state index in [1.54, 1.807) is 12.1 Å². The van der Waals surface area contributed by atoms with Gasteiger partial charge in [-0.05, 0) is 51.1 Å². The van der Waals surface area contributed by atoms with Crippen LogP contribution in [-0.4, -0.2) is 48.1 Å². The molecular formula is C17H25NO3. The van der Waals surface area contributed by atoms with Crippen LogP contribution in [0.15, 0.2) is 24.3 Å². The number of rotatable bonds is 6. The molecule has 1 aromatic rings. The maximum absolute atomic E-state index is 12.3. The molecule has 0 bridgehead atoms. The number of aliphatic hydroxyl groups is 1. The Morgan fingerprint density at radius 1 is 1.29 bits per heavy atom. The van der Waals surface area contributed by atoms with Gasteiger partial charge in [-0.1, -0.05) is 12.8 Å². The number of hydrogen-bond acceptors (Lipinski definition) is 4. The van der Waals surface area contributed by atoms with Crippen LogP contribution in [0.4, 0.5) is 0 Å². The van der Waals surface area contributed by atoms with Crippen molar-refractivity contribution in [2.24, 2.45) is 0 Å². The summed E-state index contributed by atoms with van der Waals surface area (Å²) in [4.78, 5) is 14.3. The van der Waals surface area contributed by atoms with Crippen LogP contribution in [0.25, 0.3) is 0 Å². The van der Waals surface area contributed by atoms with E-state index in [2.05, 4.69) is 0 Å². The summed E-state index contributed by atoms with van der Waals surface area (Å²) in [5.41, 5.74) is 0.690.